The number of morpholine rings is 1. The molecule has 2 atom stereocenters. The Morgan fingerprint density at radius 3 is 2.81 bits per heavy atom. The summed E-state index contributed by atoms with van der Waals surface area (Å²) >= 11 is 1.96. The molecule has 0 aromatic rings. The van der Waals surface area contributed by atoms with Gasteiger partial charge in [-0.2, -0.15) is 11.8 Å². The predicted octanol–water partition coefficient (Wildman–Crippen LogP) is 0.264. The van der Waals surface area contributed by atoms with Crippen LogP contribution in [0.15, 0.2) is 0 Å². The fourth-order valence-electron chi connectivity index (χ4n) is 2.89. The van der Waals surface area contributed by atoms with Crippen LogP contribution in [0.2, 0.25) is 0 Å². The minimum atomic E-state index is -0.180. The van der Waals surface area contributed by atoms with Crippen LogP contribution in [-0.2, 0) is 4.74 Å². The molecule has 2 aliphatic heterocycles. The first kappa shape index (κ1) is 16.9. The lowest BCUT2D eigenvalue weighted by Crippen LogP contribution is -2.60. The fraction of sp³-hybridized carbons (Fsp3) is 0.929. The van der Waals surface area contributed by atoms with Crippen molar-refractivity contribution in [2.45, 2.75) is 31.3 Å². The van der Waals surface area contributed by atoms with Crippen LogP contribution in [0.25, 0.3) is 0 Å². The number of thioether (sulfide) groups is 1. The molecule has 0 unspecified atom stereocenters. The summed E-state index contributed by atoms with van der Waals surface area (Å²) in [6, 6.07) is -0.345. The highest BCUT2D eigenvalue weighted by molar-refractivity contribution is 7.99. The van der Waals surface area contributed by atoms with Crippen LogP contribution in [0.5, 0.6) is 0 Å². The summed E-state index contributed by atoms with van der Waals surface area (Å²) in [4.78, 5) is 14.4. The number of rotatable bonds is 6. The van der Waals surface area contributed by atoms with Gasteiger partial charge in [0.2, 0.25) is 0 Å². The Morgan fingerprint density at radius 1 is 1.48 bits per heavy atom. The summed E-state index contributed by atoms with van der Waals surface area (Å²) in [6.45, 7) is 6.03. The maximum absolute atomic E-state index is 12.0. The Kier molecular flexibility index (Phi) is 6.60. The van der Waals surface area contributed by atoms with Gasteiger partial charge in [-0.1, -0.05) is 6.92 Å². The van der Waals surface area contributed by atoms with E-state index in [4.69, 9.17) is 9.84 Å². The Hall–Kier alpha value is -0.500. The van der Waals surface area contributed by atoms with E-state index < -0.39 is 0 Å². The van der Waals surface area contributed by atoms with Gasteiger partial charge in [0.15, 0.2) is 0 Å². The average Bonchev–Trinajstić information content (AvgIpc) is 3.01. The second-order valence-electron chi connectivity index (χ2n) is 5.74. The van der Waals surface area contributed by atoms with E-state index in [2.05, 4.69) is 15.5 Å². The third kappa shape index (κ3) is 4.48. The van der Waals surface area contributed by atoms with Crippen molar-refractivity contribution in [1.29, 1.82) is 0 Å². The highest BCUT2D eigenvalue weighted by Crippen LogP contribution is 2.33. The van der Waals surface area contributed by atoms with Crippen LogP contribution in [0.1, 0.15) is 19.8 Å². The maximum atomic E-state index is 12.0. The van der Waals surface area contributed by atoms with E-state index in [9.17, 15) is 4.79 Å². The molecule has 6 nitrogen and oxygen atoms in total. The van der Waals surface area contributed by atoms with Crippen molar-refractivity contribution in [3.8, 4) is 0 Å². The number of carbonyl (C=O) groups excluding carboxylic acids is 1. The van der Waals surface area contributed by atoms with Crippen molar-refractivity contribution in [2.24, 2.45) is 0 Å². The highest BCUT2D eigenvalue weighted by Gasteiger charge is 2.40. The standard InChI is InChI=1S/C14H27N3O3S/c1-2-12(9-18)16-13(19)15-10-14(3-8-21-11-14)17-4-6-20-7-5-17/h12,18H,2-11H2,1H3,(H2,15,16,19)/t12-,14-/m1/s1. The summed E-state index contributed by atoms with van der Waals surface area (Å²) < 4.78 is 5.44. The second kappa shape index (κ2) is 8.22. The summed E-state index contributed by atoms with van der Waals surface area (Å²) in [5.74, 6) is 2.21. The Bertz CT molecular complexity index is 327. The molecule has 2 heterocycles. The number of carbonyl (C=O) groups is 1. The second-order valence-corrected chi connectivity index (χ2v) is 6.85. The first-order valence-electron chi connectivity index (χ1n) is 7.76. The zero-order valence-corrected chi connectivity index (χ0v) is 13.6. The highest BCUT2D eigenvalue weighted by atomic mass is 32.2. The zero-order valence-electron chi connectivity index (χ0n) is 12.8. The largest absolute Gasteiger partial charge is 0.394 e. The molecule has 21 heavy (non-hydrogen) atoms. The van der Waals surface area contributed by atoms with E-state index in [1.165, 1.54) is 0 Å². The van der Waals surface area contributed by atoms with E-state index >= 15 is 0 Å². The number of nitrogens with one attached hydrogen (secondary N) is 2. The van der Waals surface area contributed by atoms with Gasteiger partial charge < -0.3 is 20.5 Å². The molecule has 122 valence electrons. The third-order valence-electron chi connectivity index (χ3n) is 4.39. The summed E-state index contributed by atoms with van der Waals surface area (Å²) in [6.07, 6.45) is 1.84. The van der Waals surface area contributed by atoms with Gasteiger partial charge in [-0.3, -0.25) is 4.90 Å². The molecule has 0 radical (unpaired) electrons. The number of amides is 2. The van der Waals surface area contributed by atoms with Crippen molar-refractivity contribution < 1.29 is 14.6 Å². The molecule has 2 amide bonds. The molecule has 0 spiro atoms. The SMILES string of the molecule is CC[C@H](CO)NC(=O)NC[C@]1(N2CCOCC2)CCSC1. The average molecular weight is 317 g/mol. The van der Waals surface area contributed by atoms with E-state index in [1.807, 2.05) is 18.7 Å². The predicted molar refractivity (Wildman–Crippen MR) is 84.8 cm³/mol. The number of aliphatic hydroxyl groups is 1. The maximum Gasteiger partial charge on any atom is 0.315 e. The topological polar surface area (TPSA) is 73.8 Å². The molecule has 2 aliphatic rings. The molecule has 0 aliphatic carbocycles. The van der Waals surface area contributed by atoms with Crippen LogP contribution in [-0.4, -0.2) is 78.6 Å². The summed E-state index contributed by atoms with van der Waals surface area (Å²) in [7, 11) is 0. The molecule has 3 N–H and O–H groups in total. The van der Waals surface area contributed by atoms with Crippen molar-refractivity contribution in [2.75, 3.05) is 51.0 Å². The number of hydrogen-bond donors (Lipinski definition) is 3. The number of ether oxygens (including phenoxy) is 1. The minimum absolute atomic E-state index is 0.0195. The molecule has 0 aromatic heterocycles. The molecular weight excluding hydrogens is 290 g/mol. The van der Waals surface area contributed by atoms with Gasteiger partial charge in [0, 0.05) is 30.9 Å². The first-order chi connectivity index (χ1) is 10.2. The molecule has 0 aromatic carbocycles. The molecule has 7 heteroatoms. The zero-order chi connectivity index (χ0) is 15.1. The van der Waals surface area contributed by atoms with Crippen molar-refractivity contribution in [3.05, 3.63) is 0 Å². The van der Waals surface area contributed by atoms with Crippen molar-refractivity contribution in [3.63, 3.8) is 0 Å². The third-order valence-corrected chi connectivity index (χ3v) is 5.63. The van der Waals surface area contributed by atoms with Gasteiger partial charge in [0.05, 0.1) is 25.9 Å². The quantitative estimate of drug-likeness (QED) is 0.655. The smallest absolute Gasteiger partial charge is 0.315 e. The Labute approximate surface area is 131 Å². The van der Waals surface area contributed by atoms with E-state index in [1.54, 1.807) is 0 Å². The van der Waals surface area contributed by atoms with Gasteiger partial charge >= 0.3 is 6.03 Å². The molecule has 2 rings (SSSR count). The molecule has 0 bridgehead atoms. The Balaban J connectivity index is 1.86. The lowest BCUT2D eigenvalue weighted by Gasteiger charge is -2.43. The molecular formula is C14H27N3O3S. The lowest BCUT2D eigenvalue weighted by atomic mass is 9.95. The van der Waals surface area contributed by atoms with Crippen molar-refractivity contribution >= 4 is 17.8 Å². The minimum Gasteiger partial charge on any atom is -0.394 e. The van der Waals surface area contributed by atoms with E-state index in [0.29, 0.717) is 6.54 Å². The van der Waals surface area contributed by atoms with E-state index in [-0.39, 0.29) is 24.2 Å². The Morgan fingerprint density at radius 2 is 2.24 bits per heavy atom. The number of aliphatic hydroxyl groups excluding tert-OH is 1. The van der Waals surface area contributed by atoms with Gasteiger partial charge in [0.25, 0.3) is 0 Å². The van der Waals surface area contributed by atoms with Gasteiger partial charge in [0.1, 0.15) is 0 Å². The molecule has 2 saturated heterocycles. The number of hydrogen-bond acceptors (Lipinski definition) is 5. The molecule has 0 saturated carbocycles. The summed E-state index contributed by atoms with van der Waals surface area (Å²) in [5, 5.41) is 15.0. The van der Waals surface area contributed by atoms with Crippen LogP contribution in [0.3, 0.4) is 0 Å². The van der Waals surface area contributed by atoms with Crippen LogP contribution in [0, 0.1) is 0 Å². The fourth-order valence-corrected chi connectivity index (χ4v) is 4.37. The normalized spacial score (nSPS) is 28.3. The molecule has 2 fully saturated rings. The number of urea groups is 1. The van der Waals surface area contributed by atoms with Crippen molar-refractivity contribution in [1.82, 2.24) is 15.5 Å². The van der Waals surface area contributed by atoms with Gasteiger partial charge in [-0.05, 0) is 18.6 Å². The lowest BCUT2D eigenvalue weighted by molar-refractivity contribution is -0.0124. The first-order valence-corrected chi connectivity index (χ1v) is 8.91. The van der Waals surface area contributed by atoms with Crippen LogP contribution >= 0.6 is 11.8 Å². The summed E-state index contributed by atoms with van der Waals surface area (Å²) in [5.41, 5.74) is 0.0622. The van der Waals surface area contributed by atoms with Gasteiger partial charge in [-0.25, -0.2) is 4.79 Å². The van der Waals surface area contributed by atoms with Crippen LogP contribution < -0.4 is 10.6 Å². The van der Waals surface area contributed by atoms with Gasteiger partial charge in [-0.15, -0.1) is 0 Å². The van der Waals surface area contributed by atoms with Crippen LogP contribution in [0.4, 0.5) is 4.79 Å². The number of nitrogens with zero attached hydrogens (tertiary/aromatic N) is 1. The monoisotopic (exact) mass is 317 g/mol. The van der Waals surface area contributed by atoms with E-state index in [0.717, 1.165) is 50.7 Å².